The minimum Gasteiger partial charge on any atom is -0.492 e. The maximum atomic E-state index is 12.7. The largest absolute Gasteiger partial charge is 0.492 e. The van der Waals surface area contributed by atoms with Crippen molar-refractivity contribution in [3.8, 4) is 5.75 Å². The number of alkyl halides is 3. The Kier molecular flexibility index (Phi) is 6.37. The molecular weight excluding hydrogens is 425 g/mol. The van der Waals surface area contributed by atoms with E-state index in [1.54, 1.807) is 0 Å². The van der Waals surface area contributed by atoms with Crippen LogP contribution in [-0.2, 0) is 6.18 Å². The number of nitrogens with zero attached hydrogens (tertiary/aromatic N) is 1. The predicted octanol–water partition coefficient (Wildman–Crippen LogP) is 5.79. The molecule has 0 radical (unpaired) electrons. The molecule has 0 bridgehead atoms. The molecule has 0 aliphatic rings. The first-order valence-electron chi connectivity index (χ1n) is 6.64. The van der Waals surface area contributed by atoms with E-state index in [0.29, 0.717) is 0 Å². The number of halogens is 7. The minimum absolute atomic E-state index is 0.00493. The lowest BCUT2D eigenvalue weighted by atomic mass is 10.2. The van der Waals surface area contributed by atoms with E-state index in [2.05, 4.69) is 10.3 Å². The molecule has 0 spiro atoms. The maximum absolute atomic E-state index is 12.7. The molecule has 0 saturated heterocycles. The number of nitrogens with one attached hydrogen (secondary N) is 1. The normalized spacial score (nSPS) is 11.5. The van der Waals surface area contributed by atoms with Gasteiger partial charge in [-0.25, -0.2) is 4.98 Å². The van der Waals surface area contributed by atoms with Crippen LogP contribution in [0.15, 0.2) is 18.2 Å². The van der Waals surface area contributed by atoms with Gasteiger partial charge in [0.1, 0.15) is 22.4 Å². The van der Waals surface area contributed by atoms with E-state index in [-0.39, 0.29) is 50.6 Å². The number of nitrogen functional groups attached to an aromatic ring is 1. The van der Waals surface area contributed by atoms with E-state index in [0.717, 1.165) is 12.1 Å². The number of hydrogen-bond donors (Lipinski definition) is 2. The number of aromatic nitrogens is 1. The molecule has 4 nitrogen and oxygen atoms in total. The molecule has 0 atom stereocenters. The zero-order valence-corrected chi connectivity index (χ0v) is 15.2. The Morgan fingerprint density at radius 3 is 2.20 bits per heavy atom. The van der Waals surface area contributed by atoms with Crippen LogP contribution in [0.4, 0.5) is 24.5 Å². The van der Waals surface area contributed by atoms with Gasteiger partial charge in [0.25, 0.3) is 0 Å². The number of anilines is 2. The topological polar surface area (TPSA) is 60.2 Å². The van der Waals surface area contributed by atoms with Gasteiger partial charge in [0.05, 0.1) is 11.3 Å². The Morgan fingerprint density at radius 1 is 1.04 bits per heavy atom. The predicted molar refractivity (Wildman–Crippen MR) is 94.1 cm³/mol. The van der Waals surface area contributed by atoms with Crippen LogP contribution in [0.5, 0.6) is 5.75 Å². The monoisotopic (exact) mass is 433 g/mol. The Balaban J connectivity index is 2.02. The summed E-state index contributed by atoms with van der Waals surface area (Å²) < 4.78 is 43.5. The summed E-state index contributed by atoms with van der Waals surface area (Å²) in [7, 11) is 0. The second-order valence-corrected chi connectivity index (χ2v) is 6.23. The highest BCUT2D eigenvalue weighted by molar-refractivity contribution is 6.48. The number of nitrogens with two attached hydrogens (primary N) is 1. The van der Waals surface area contributed by atoms with Gasteiger partial charge < -0.3 is 15.8 Å². The van der Waals surface area contributed by atoms with Crippen LogP contribution in [0.2, 0.25) is 20.4 Å². The van der Waals surface area contributed by atoms with Crippen molar-refractivity contribution in [1.82, 2.24) is 4.98 Å². The van der Waals surface area contributed by atoms with Crippen LogP contribution in [0.25, 0.3) is 0 Å². The zero-order chi connectivity index (χ0) is 18.8. The van der Waals surface area contributed by atoms with Gasteiger partial charge >= 0.3 is 6.18 Å². The Hall–Kier alpha value is -1.28. The number of hydrogen-bond acceptors (Lipinski definition) is 4. The van der Waals surface area contributed by atoms with Crippen LogP contribution in [0, 0.1) is 0 Å². The quantitative estimate of drug-likeness (QED) is 0.355. The van der Waals surface area contributed by atoms with Crippen molar-refractivity contribution in [3.63, 3.8) is 0 Å². The highest BCUT2D eigenvalue weighted by atomic mass is 35.5. The molecule has 136 valence electrons. The third-order valence-corrected chi connectivity index (χ3v) is 4.40. The summed E-state index contributed by atoms with van der Waals surface area (Å²) in [6.07, 6.45) is -4.52. The molecule has 25 heavy (non-hydrogen) atoms. The molecule has 2 rings (SSSR count). The molecule has 1 aromatic carbocycles. The molecule has 0 amide bonds. The van der Waals surface area contributed by atoms with Gasteiger partial charge in [-0.1, -0.05) is 46.4 Å². The fourth-order valence-corrected chi connectivity index (χ4v) is 2.71. The molecule has 0 saturated carbocycles. The molecule has 1 heterocycles. The summed E-state index contributed by atoms with van der Waals surface area (Å²) in [5.41, 5.74) is 4.76. The van der Waals surface area contributed by atoms with E-state index in [9.17, 15) is 13.2 Å². The number of rotatable bonds is 5. The summed E-state index contributed by atoms with van der Waals surface area (Å²) >= 11 is 23.6. The average molecular weight is 435 g/mol. The first-order valence-corrected chi connectivity index (χ1v) is 8.15. The lowest BCUT2D eigenvalue weighted by Crippen LogP contribution is -2.13. The van der Waals surface area contributed by atoms with Gasteiger partial charge in [0, 0.05) is 18.3 Å². The van der Waals surface area contributed by atoms with E-state index in [4.69, 9.17) is 56.9 Å². The fourth-order valence-electron chi connectivity index (χ4n) is 1.86. The lowest BCUT2D eigenvalue weighted by Gasteiger charge is -2.14. The Bertz CT molecular complexity index is 761. The molecule has 0 aliphatic heterocycles. The summed E-state index contributed by atoms with van der Waals surface area (Å²) in [4.78, 5) is 3.73. The molecule has 2 aromatic rings. The summed E-state index contributed by atoms with van der Waals surface area (Å²) in [6, 6.07) is 2.97. The van der Waals surface area contributed by atoms with Crippen LogP contribution in [0.3, 0.4) is 0 Å². The highest BCUT2D eigenvalue weighted by Crippen LogP contribution is 2.38. The second-order valence-electron chi connectivity index (χ2n) is 4.76. The molecule has 1 aromatic heterocycles. The fraction of sp³-hybridized carbons (Fsp3) is 0.214. The first kappa shape index (κ1) is 20.0. The van der Waals surface area contributed by atoms with E-state index in [1.165, 1.54) is 6.07 Å². The van der Waals surface area contributed by atoms with Crippen molar-refractivity contribution in [2.24, 2.45) is 0 Å². The van der Waals surface area contributed by atoms with Crippen LogP contribution < -0.4 is 15.8 Å². The summed E-state index contributed by atoms with van der Waals surface area (Å²) in [5.74, 6) is -0.0166. The average Bonchev–Trinajstić information content (AvgIpc) is 2.51. The van der Waals surface area contributed by atoms with E-state index in [1.807, 2.05) is 0 Å². The van der Waals surface area contributed by atoms with E-state index < -0.39 is 11.7 Å². The Labute approximate surface area is 161 Å². The second kappa shape index (κ2) is 7.95. The van der Waals surface area contributed by atoms with Crippen molar-refractivity contribution >= 4 is 57.8 Å². The molecule has 3 N–H and O–H groups in total. The lowest BCUT2D eigenvalue weighted by molar-refractivity contribution is -0.137. The number of pyridine rings is 1. The van der Waals surface area contributed by atoms with Gasteiger partial charge in [0.15, 0.2) is 10.3 Å². The van der Waals surface area contributed by atoms with Gasteiger partial charge in [0.2, 0.25) is 0 Å². The van der Waals surface area contributed by atoms with Crippen molar-refractivity contribution in [2.45, 2.75) is 6.18 Å². The maximum Gasteiger partial charge on any atom is 0.416 e. The number of benzene rings is 1. The van der Waals surface area contributed by atoms with Crippen molar-refractivity contribution in [2.75, 3.05) is 24.2 Å². The minimum atomic E-state index is -4.52. The Morgan fingerprint density at radius 2 is 1.64 bits per heavy atom. The standard InChI is InChI=1S/C14H10Cl4F3N3O/c15-9-11(10(16)13(18)24-12(9)17)23-1-2-25-8-4-6(14(19,20)21)3-7(22)5-8/h3-5H,1-2,22H2,(H,23,24). The molecular formula is C14H10Cl4F3N3O. The molecule has 0 fully saturated rings. The SMILES string of the molecule is Nc1cc(OCCNc2c(Cl)c(Cl)nc(Cl)c2Cl)cc(C(F)(F)F)c1. The molecule has 0 unspecified atom stereocenters. The van der Waals surface area contributed by atoms with Crippen LogP contribution >= 0.6 is 46.4 Å². The van der Waals surface area contributed by atoms with Gasteiger partial charge in [-0.3, -0.25) is 0 Å². The third kappa shape index (κ3) is 5.10. The zero-order valence-electron chi connectivity index (χ0n) is 12.2. The van der Waals surface area contributed by atoms with Gasteiger partial charge in [-0.15, -0.1) is 0 Å². The van der Waals surface area contributed by atoms with Crippen molar-refractivity contribution in [3.05, 3.63) is 44.1 Å². The van der Waals surface area contributed by atoms with Crippen molar-refractivity contribution < 1.29 is 17.9 Å². The number of ether oxygens (including phenoxy) is 1. The van der Waals surface area contributed by atoms with Crippen LogP contribution in [-0.4, -0.2) is 18.1 Å². The van der Waals surface area contributed by atoms with Crippen molar-refractivity contribution in [1.29, 1.82) is 0 Å². The summed E-state index contributed by atoms with van der Waals surface area (Å²) in [6.45, 7) is 0.164. The van der Waals surface area contributed by atoms with Gasteiger partial charge in [-0.05, 0) is 12.1 Å². The van der Waals surface area contributed by atoms with E-state index >= 15 is 0 Å². The first-order chi connectivity index (χ1) is 11.6. The highest BCUT2D eigenvalue weighted by Gasteiger charge is 2.31. The molecule has 0 aliphatic carbocycles. The van der Waals surface area contributed by atoms with Gasteiger partial charge in [-0.2, -0.15) is 13.2 Å². The summed E-state index contributed by atoms with van der Waals surface area (Å²) in [5, 5.41) is 2.91. The third-order valence-electron chi connectivity index (χ3n) is 2.93. The molecule has 11 heteroatoms. The van der Waals surface area contributed by atoms with Crippen LogP contribution in [0.1, 0.15) is 5.56 Å². The smallest absolute Gasteiger partial charge is 0.416 e.